The van der Waals surface area contributed by atoms with E-state index in [0.29, 0.717) is 16.3 Å². The van der Waals surface area contributed by atoms with Crippen LogP contribution in [0.5, 0.6) is 0 Å². The molecule has 0 saturated carbocycles. The molecule has 0 aliphatic carbocycles. The predicted octanol–water partition coefficient (Wildman–Crippen LogP) is 4.79. The third-order valence-electron chi connectivity index (χ3n) is 3.16. The average Bonchev–Trinajstić information content (AvgIpc) is 2.87. The molecule has 0 spiro atoms. The molecular formula is C16H13F2N3S2. The van der Waals surface area contributed by atoms with Crippen LogP contribution in [0.15, 0.2) is 35.4 Å². The lowest BCUT2D eigenvalue weighted by Gasteiger charge is -2.03. The zero-order chi connectivity index (χ0) is 16.4. The molecule has 0 fully saturated rings. The molecule has 3 aromatic rings. The van der Waals surface area contributed by atoms with Crippen LogP contribution >= 0.6 is 23.1 Å². The molecule has 0 bridgehead atoms. The standard InChI is InChI=1S/C16H13F2N3S2/c1-9-16(23-10(2)19-9)14-5-6-15(21-20-14)22-8-11-7-12(17)3-4-13(11)18/h3-7H,8H2,1-2H3. The molecule has 0 aliphatic heterocycles. The highest BCUT2D eigenvalue weighted by atomic mass is 32.2. The fraction of sp³-hybridized carbons (Fsp3) is 0.188. The molecule has 0 aliphatic rings. The summed E-state index contributed by atoms with van der Waals surface area (Å²) >= 11 is 2.89. The van der Waals surface area contributed by atoms with Crippen LogP contribution in [0.4, 0.5) is 8.78 Å². The van der Waals surface area contributed by atoms with E-state index in [1.54, 1.807) is 11.3 Å². The third-order valence-corrected chi connectivity index (χ3v) is 5.22. The Morgan fingerprint density at radius 3 is 2.57 bits per heavy atom. The lowest BCUT2D eigenvalue weighted by Crippen LogP contribution is -1.92. The van der Waals surface area contributed by atoms with Crippen LogP contribution in [-0.4, -0.2) is 15.2 Å². The molecule has 23 heavy (non-hydrogen) atoms. The van der Waals surface area contributed by atoms with Gasteiger partial charge in [0.1, 0.15) is 22.4 Å². The van der Waals surface area contributed by atoms with Gasteiger partial charge in [0.25, 0.3) is 0 Å². The number of benzene rings is 1. The SMILES string of the molecule is Cc1nc(C)c(-c2ccc(SCc3cc(F)ccc3F)nn2)s1. The van der Waals surface area contributed by atoms with E-state index in [1.807, 2.05) is 26.0 Å². The van der Waals surface area contributed by atoms with Gasteiger partial charge < -0.3 is 0 Å². The maximum absolute atomic E-state index is 13.6. The minimum Gasteiger partial charge on any atom is -0.246 e. The van der Waals surface area contributed by atoms with Gasteiger partial charge in [-0.3, -0.25) is 0 Å². The topological polar surface area (TPSA) is 38.7 Å². The fourth-order valence-electron chi connectivity index (χ4n) is 2.09. The molecule has 0 unspecified atom stereocenters. The number of hydrogen-bond donors (Lipinski definition) is 0. The first kappa shape index (κ1) is 16.0. The zero-order valence-corrected chi connectivity index (χ0v) is 14.1. The van der Waals surface area contributed by atoms with Crippen molar-refractivity contribution in [3.05, 3.63) is 58.2 Å². The number of thioether (sulfide) groups is 1. The van der Waals surface area contributed by atoms with Crippen molar-refractivity contribution in [1.29, 1.82) is 0 Å². The van der Waals surface area contributed by atoms with Crippen LogP contribution in [0.25, 0.3) is 10.6 Å². The van der Waals surface area contributed by atoms with Crippen molar-refractivity contribution in [1.82, 2.24) is 15.2 Å². The lowest BCUT2D eigenvalue weighted by molar-refractivity contribution is 0.591. The Bertz CT molecular complexity index is 832. The molecule has 0 amide bonds. The number of thiazole rings is 1. The predicted molar refractivity (Wildman–Crippen MR) is 88.5 cm³/mol. The highest BCUT2D eigenvalue weighted by Crippen LogP contribution is 2.29. The molecule has 2 aromatic heterocycles. The Hall–Kier alpha value is -1.86. The second kappa shape index (κ2) is 6.72. The summed E-state index contributed by atoms with van der Waals surface area (Å²) in [5.74, 6) is -0.560. The summed E-state index contributed by atoms with van der Waals surface area (Å²) in [6.45, 7) is 3.89. The summed E-state index contributed by atoms with van der Waals surface area (Å²) in [4.78, 5) is 5.37. The van der Waals surface area contributed by atoms with Crippen molar-refractivity contribution in [3.8, 4) is 10.6 Å². The molecule has 118 valence electrons. The van der Waals surface area contributed by atoms with E-state index in [9.17, 15) is 8.78 Å². The molecule has 7 heteroatoms. The van der Waals surface area contributed by atoms with E-state index in [1.165, 1.54) is 17.8 Å². The maximum Gasteiger partial charge on any atom is 0.127 e. The van der Waals surface area contributed by atoms with E-state index in [-0.39, 0.29) is 0 Å². The molecule has 0 atom stereocenters. The van der Waals surface area contributed by atoms with Gasteiger partial charge in [0.05, 0.1) is 15.6 Å². The summed E-state index contributed by atoms with van der Waals surface area (Å²) in [6, 6.07) is 7.15. The number of nitrogens with zero attached hydrogens (tertiary/aromatic N) is 3. The van der Waals surface area contributed by atoms with Crippen LogP contribution in [0.1, 0.15) is 16.3 Å². The molecule has 3 rings (SSSR count). The smallest absolute Gasteiger partial charge is 0.127 e. The average molecular weight is 349 g/mol. The van der Waals surface area contributed by atoms with Crippen molar-refractivity contribution in [2.75, 3.05) is 0 Å². The first-order valence-electron chi connectivity index (χ1n) is 6.88. The van der Waals surface area contributed by atoms with E-state index in [4.69, 9.17) is 0 Å². The lowest BCUT2D eigenvalue weighted by atomic mass is 10.2. The highest BCUT2D eigenvalue weighted by molar-refractivity contribution is 7.98. The number of halogens is 2. The van der Waals surface area contributed by atoms with Gasteiger partial charge in [-0.1, -0.05) is 11.8 Å². The van der Waals surface area contributed by atoms with Gasteiger partial charge >= 0.3 is 0 Å². The van der Waals surface area contributed by atoms with Crippen LogP contribution in [0.3, 0.4) is 0 Å². The van der Waals surface area contributed by atoms with Gasteiger partial charge in [-0.2, -0.15) is 0 Å². The van der Waals surface area contributed by atoms with Crippen LogP contribution < -0.4 is 0 Å². The van der Waals surface area contributed by atoms with Crippen molar-refractivity contribution < 1.29 is 8.78 Å². The largest absolute Gasteiger partial charge is 0.246 e. The van der Waals surface area contributed by atoms with Crippen molar-refractivity contribution in [2.24, 2.45) is 0 Å². The number of hydrogen-bond acceptors (Lipinski definition) is 5. The fourth-order valence-corrected chi connectivity index (χ4v) is 3.76. The molecule has 1 aromatic carbocycles. The number of aryl methyl sites for hydroxylation is 2. The first-order valence-corrected chi connectivity index (χ1v) is 8.68. The molecule has 3 nitrogen and oxygen atoms in total. The Morgan fingerprint density at radius 1 is 1.09 bits per heavy atom. The van der Waals surface area contributed by atoms with E-state index in [2.05, 4.69) is 15.2 Å². The number of aromatic nitrogens is 3. The maximum atomic E-state index is 13.6. The molecule has 0 N–H and O–H groups in total. The molecule has 0 radical (unpaired) electrons. The van der Waals surface area contributed by atoms with Gasteiger partial charge in [-0.25, -0.2) is 13.8 Å². The monoisotopic (exact) mass is 349 g/mol. The Kier molecular flexibility index (Phi) is 4.68. The molecule has 2 heterocycles. The van der Waals surface area contributed by atoms with Crippen LogP contribution in [-0.2, 0) is 5.75 Å². The van der Waals surface area contributed by atoms with E-state index < -0.39 is 11.6 Å². The van der Waals surface area contributed by atoms with Crippen molar-refractivity contribution in [3.63, 3.8) is 0 Å². The molecule has 0 saturated heterocycles. The van der Waals surface area contributed by atoms with Crippen molar-refractivity contribution >= 4 is 23.1 Å². The summed E-state index contributed by atoms with van der Waals surface area (Å²) in [7, 11) is 0. The zero-order valence-electron chi connectivity index (χ0n) is 12.5. The van der Waals surface area contributed by atoms with Crippen molar-refractivity contribution in [2.45, 2.75) is 24.6 Å². The normalized spacial score (nSPS) is 11.0. The minimum absolute atomic E-state index is 0.302. The highest BCUT2D eigenvalue weighted by Gasteiger charge is 2.10. The Balaban J connectivity index is 1.73. The van der Waals surface area contributed by atoms with Gasteiger partial charge in [-0.05, 0) is 44.2 Å². The number of rotatable bonds is 4. The van der Waals surface area contributed by atoms with Gasteiger partial charge in [0.15, 0.2) is 0 Å². The summed E-state index contributed by atoms with van der Waals surface area (Å²) in [6.07, 6.45) is 0. The summed E-state index contributed by atoms with van der Waals surface area (Å²) < 4.78 is 26.7. The summed E-state index contributed by atoms with van der Waals surface area (Å²) in [5.41, 5.74) is 2.02. The third kappa shape index (κ3) is 3.73. The second-order valence-electron chi connectivity index (χ2n) is 4.93. The van der Waals surface area contributed by atoms with E-state index >= 15 is 0 Å². The van der Waals surface area contributed by atoms with Crippen LogP contribution in [0.2, 0.25) is 0 Å². The quantitative estimate of drug-likeness (QED) is 0.635. The molecular weight excluding hydrogens is 336 g/mol. The van der Waals surface area contributed by atoms with Gasteiger partial charge in [0.2, 0.25) is 0 Å². The summed E-state index contributed by atoms with van der Waals surface area (Å²) in [5, 5.41) is 10.0. The Labute approximate surface area is 140 Å². The second-order valence-corrected chi connectivity index (χ2v) is 7.13. The first-order chi connectivity index (χ1) is 11.0. The van der Waals surface area contributed by atoms with E-state index in [0.717, 1.165) is 33.4 Å². The van der Waals surface area contributed by atoms with Gasteiger partial charge in [0, 0.05) is 11.3 Å². The van der Waals surface area contributed by atoms with Gasteiger partial charge in [-0.15, -0.1) is 21.5 Å². The van der Waals surface area contributed by atoms with Crippen LogP contribution in [0, 0.1) is 25.5 Å². The minimum atomic E-state index is -0.445. The Morgan fingerprint density at radius 2 is 1.91 bits per heavy atom.